The molecular weight excluding hydrogens is 286 g/mol. The van der Waals surface area contributed by atoms with Crippen molar-refractivity contribution in [1.82, 2.24) is 15.1 Å². The zero-order valence-electron chi connectivity index (χ0n) is 13.8. The standard InChI is InChI=1S/C19H23N3O/c1-12(15-9-6-13-4-3-5-16(13)10-15)20-19(23)18-11-17(14-7-8-14)21-22(18)2/h6,9-12,14H,3-5,7-8H2,1-2H3,(H,20,23). The Balaban J connectivity index is 1.49. The van der Waals surface area contributed by atoms with E-state index in [0.717, 1.165) is 12.1 Å². The van der Waals surface area contributed by atoms with Crippen LogP contribution in [-0.4, -0.2) is 15.7 Å². The number of fused-ring (bicyclic) bond motifs is 1. The van der Waals surface area contributed by atoms with Crippen LogP contribution >= 0.6 is 0 Å². The van der Waals surface area contributed by atoms with Gasteiger partial charge in [-0.25, -0.2) is 0 Å². The lowest BCUT2D eigenvalue weighted by atomic mass is 10.0. The van der Waals surface area contributed by atoms with Gasteiger partial charge in [0.1, 0.15) is 5.69 Å². The maximum Gasteiger partial charge on any atom is 0.270 e. The van der Waals surface area contributed by atoms with Gasteiger partial charge in [0.25, 0.3) is 5.91 Å². The van der Waals surface area contributed by atoms with Crippen LogP contribution in [0.2, 0.25) is 0 Å². The van der Waals surface area contributed by atoms with Crippen LogP contribution in [0.4, 0.5) is 0 Å². The maximum absolute atomic E-state index is 12.6. The number of amides is 1. The highest BCUT2D eigenvalue weighted by Crippen LogP contribution is 2.39. The molecule has 1 N–H and O–H groups in total. The largest absolute Gasteiger partial charge is 0.344 e. The predicted molar refractivity (Wildman–Crippen MR) is 89.5 cm³/mol. The smallest absolute Gasteiger partial charge is 0.270 e. The molecule has 23 heavy (non-hydrogen) atoms. The Kier molecular flexibility index (Phi) is 3.47. The molecule has 0 radical (unpaired) electrons. The van der Waals surface area contributed by atoms with Crippen LogP contribution in [0.1, 0.15) is 71.0 Å². The molecule has 0 bridgehead atoms. The molecule has 0 spiro atoms. The number of carbonyl (C=O) groups is 1. The minimum absolute atomic E-state index is 0.00711. The van der Waals surface area contributed by atoms with Gasteiger partial charge in [0.2, 0.25) is 0 Å². The molecule has 1 aromatic carbocycles. The summed E-state index contributed by atoms with van der Waals surface area (Å²) in [5.41, 5.74) is 5.81. The fraction of sp³-hybridized carbons (Fsp3) is 0.474. The Morgan fingerprint density at radius 2 is 2.04 bits per heavy atom. The van der Waals surface area contributed by atoms with Crippen LogP contribution in [-0.2, 0) is 19.9 Å². The van der Waals surface area contributed by atoms with E-state index in [1.54, 1.807) is 4.68 Å². The summed E-state index contributed by atoms with van der Waals surface area (Å²) in [7, 11) is 1.85. The first-order chi connectivity index (χ1) is 11.1. The summed E-state index contributed by atoms with van der Waals surface area (Å²) in [6.07, 6.45) is 6.00. The third-order valence-corrected chi connectivity index (χ3v) is 5.10. The summed E-state index contributed by atoms with van der Waals surface area (Å²) >= 11 is 0. The third kappa shape index (κ3) is 2.78. The summed E-state index contributed by atoms with van der Waals surface area (Å²) < 4.78 is 1.71. The molecule has 4 rings (SSSR count). The van der Waals surface area contributed by atoms with Gasteiger partial charge in [-0.1, -0.05) is 18.2 Å². The third-order valence-electron chi connectivity index (χ3n) is 5.10. The van der Waals surface area contributed by atoms with Gasteiger partial charge < -0.3 is 5.32 Å². The fourth-order valence-corrected chi connectivity index (χ4v) is 3.50. The van der Waals surface area contributed by atoms with Crippen molar-refractivity contribution < 1.29 is 4.79 Å². The lowest BCUT2D eigenvalue weighted by molar-refractivity contribution is 0.0930. The first kappa shape index (κ1) is 14.5. The van der Waals surface area contributed by atoms with Gasteiger partial charge in [0.15, 0.2) is 0 Å². The first-order valence-corrected chi connectivity index (χ1v) is 8.58. The van der Waals surface area contributed by atoms with Gasteiger partial charge in [-0.2, -0.15) is 5.10 Å². The molecule has 4 heteroatoms. The van der Waals surface area contributed by atoms with Crippen molar-refractivity contribution in [2.24, 2.45) is 7.05 Å². The normalized spacial score (nSPS) is 17.8. The molecule has 1 aromatic heterocycles. The second-order valence-corrected chi connectivity index (χ2v) is 6.93. The molecule has 1 amide bonds. The van der Waals surface area contributed by atoms with Gasteiger partial charge in [0, 0.05) is 13.0 Å². The molecule has 4 nitrogen and oxygen atoms in total. The Hall–Kier alpha value is -2.10. The highest BCUT2D eigenvalue weighted by molar-refractivity contribution is 5.93. The summed E-state index contributed by atoms with van der Waals surface area (Å²) in [5, 5.41) is 7.59. The fourth-order valence-electron chi connectivity index (χ4n) is 3.50. The number of aryl methyl sites for hydroxylation is 3. The molecule has 1 heterocycles. The SMILES string of the molecule is CC(NC(=O)c1cc(C2CC2)nn1C)c1ccc2c(c1)CCC2. The van der Waals surface area contributed by atoms with E-state index in [1.807, 2.05) is 20.0 Å². The molecule has 120 valence electrons. The molecule has 2 aromatic rings. The lowest BCUT2D eigenvalue weighted by Crippen LogP contribution is -2.28. The van der Waals surface area contributed by atoms with E-state index < -0.39 is 0 Å². The molecule has 1 saturated carbocycles. The lowest BCUT2D eigenvalue weighted by Gasteiger charge is -2.15. The van der Waals surface area contributed by atoms with Gasteiger partial charge in [0.05, 0.1) is 11.7 Å². The monoisotopic (exact) mass is 309 g/mol. The number of aromatic nitrogens is 2. The number of nitrogens with one attached hydrogen (secondary N) is 1. The molecule has 0 aliphatic heterocycles. The van der Waals surface area contributed by atoms with E-state index in [9.17, 15) is 4.79 Å². The van der Waals surface area contributed by atoms with Crippen LogP contribution in [0, 0.1) is 0 Å². The number of hydrogen-bond acceptors (Lipinski definition) is 2. The average molecular weight is 309 g/mol. The molecule has 1 unspecified atom stereocenters. The maximum atomic E-state index is 12.6. The van der Waals surface area contributed by atoms with Crippen molar-refractivity contribution >= 4 is 5.91 Å². The summed E-state index contributed by atoms with van der Waals surface area (Å²) in [5.74, 6) is 0.525. The van der Waals surface area contributed by atoms with Crippen molar-refractivity contribution in [3.05, 3.63) is 52.3 Å². The van der Waals surface area contributed by atoms with Crippen molar-refractivity contribution in [3.8, 4) is 0 Å². The molecule has 2 aliphatic carbocycles. The van der Waals surface area contributed by atoms with E-state index in [-0.39, 0.29) is 11.9 Å². The van der Waals surface area contributed by atoms with Gasteiger partial charge in [-0.05, 0) is 61.8 Å². The summed E-state index contributed by atoms with van der Waals surface area (Å²) in [4.78, 5) is 12.6. The van der Waals surface area contributed by atoms with Crippen LogP contribution in [0.25, 0.3) is 0 Å². The number of rotatable bonds is 4. The molecule has 1 fully saturated rings. The van der Waals surface area contributed by atoms with Gasteiger partial charge >= 0.3 is 0 Å². The van der Waals surface area contributed by atoms with Crippen LogP contribution in [0.15, 0.2) is 24.3 Å². The minimum Gasteiger partial charge on any atom is -0.344 e. The number of hydrogen-bond donors (Lipinski definition) is 1. The Bertz CT molecular complexity index is 758. The topological polar surface area (TPSA) is 46.9 Å². The highest BCUT2D eigenvalue weighted by Gasteiger charge is 2.28. The Morgan fingerprint density at radius 3 is 2.83 bits per heavy atom. The predicted octanol–water partition coefficient (Wildman–Crippen LogP) is 3.28. The summed E-state index contributed by atoms with van der Waals surface area (Å²) in [6.45, 7) is 2.05. The second kappa shape index (κ2) is 5.52. The van der Waals surface area contributed by atoms with Crippen molar-refractivity contribution in [1.29, 1.82) is 0 Å². The quantitative estimate of drug-likeness (QED) is 0.942. The second-order valence-electron chi connectivity index (χ2n) is 6.93. The molecule has 2 aliphatic rings. The van der Waals surface area contributed by atoms with Crippen molar-refractivity contribution in [2.75, 3.05) is 0 Å². The summed E-state index contributed by atoms with van der Waals surface area (Å²) in [6, 6.07) is 8.57. The van der Waals surface area contributed by atoms with E-state index >= 15 is 0 Å². The van der Waals surface area contributed by atoms with E-state index in [2.05, 4.69) is 28.6 Å². The molecule has 1 atom stereocenters. The van der Waals surface area contributed by atoms with E-state index in [0.29, 0.717) is 11.6 Å². The molecular formula is C19H23N3O. The number of nitrogens with zero attached hydrogens (tertiary/aromatic N) is 2. The molecule has 0 saturated heterocycles. The average Bonchev–Trinajstić information content (AvgIpc) is 3.15. The minimum atomic E-state index is -0.0418. The van der Waals surface area contributed by atoms with Crippen molar-refractivity contribution in [2.45, 2.75) is 51.0 Å². The zero-order chi connectivity index (χ0) is 16.0. The number of carbonyl (C=O) groups excluding carboxylic acids is 1. The Labute approximate surface area is 136 Å². The van der Waals surface area contributed by atoms with Crippen LogP contribution < -0.4 is 5.32 Å². The number of benzene rings is 1. The van der Waals surface area contributed by atoms with Crippen molar-refractivity contribution in [3.63, 3.8) is 0 Å². The first-order valence-electron chi connectivity index (χ1n) is 8.58. The van der Waals surface area contributed by atoms with Gasteiger partial charge in [-0.3, -0.25) is 9.48 Å². The van der Waals surface area contributed by atoms with E-state index in [4.69, 9.17) is 0 Å². The zero-order valence-corrected chi connectivity index (χ0v) is 13.8. The van der Waals surface area contributed by atoms with Crippen LogP contribution in [0.5, 0.6) is 0 Å². The van der Waals surface area contributed by atoms with E-state index in [1.165, 1.54) is 42.4 Å². The van der Waals surface area contributed by atoms with Gasteiger partial charge in [-0.15, -0.1) is 0 Å². The highest BCUT2D eigenvalue weighted by atomic mass is 16.2. The Morgan fingerprint density at radius 1 is 1.26 bits per heavy atom. The van der Waals surface area contributed by atoms with Crippen LogP contribution in [0.3, 0.4) is 0 Å².